The smallest absolute Gasteiger partial charge is 0.326 e. The number of carbonyl (C=O) groups is 2. The third kappa shape index (κ3) is 4.52. The molecule has 1 atom stereocenters. The summed E-state index contributed by atoms with van der Waals surface area (Å²) in [6, 6.07) is 4.43. The quantitative estimate of drug-likeness (QED) is 0.830. The summed E-state index contributed by atoms with van der Waals surface area (Å²) in [5.41, 5.74) is 0.745. The number of carboxylic acids is 1. The van der Waals surface area contributed by atoms with Crippen LogP contribution in [0, 0.1) is 5.92 Å². The van der Waals surface area contributed by atoms with Gasteiger partial charge >= 0.3 is 5.97 Å². The second kappa shape index (κ2) is 7.28. The number of halogens is 1. The molecule has 1 unspecified atom stereocenters. The van der Waals surface area contributed by atoms with Crippen molar-refractivity contribution in [2.75, 3.05) is 7.11 Å². The summed E-state index contributed by atoms with van der Waals surface area (Å²) in [5, 5.41) is 11.6. The molecule has 0 aliphatic rings. The van der Waals surface area contributed by atoms with E-state index in [1.807, 2.05) is 0 Å². The lowest BCUT2D eigenvalue weighted by atomic mass is 10.0. The molecular weight excluding hydrogens is 326 g/mol. The van der Waals surface area contributed by atoms with Crippen LogP contribution >= 0.6 is 15.9 Å². The number of carbonyl (C=O) groups excluding carboxylic acids is 1. The average Bonchev–Trinajstić information content (AvgIpc) is 2.37. The number of hydrogen-bond acceptors (Lipinski definition) is 3. The first kappa shape index (κ1) is 16.5. The number of aliphatic carboxylic acids is 1. The van der Waals surface area contributed by atoms with Gasteiger partial charge in [-0.3, -0.25) is 4.79 Å². The van der Waals surface area contributed by atoms with E-state index in [0.29, 0.717) is 5.75 Å². The van der Waals surface area contributed by atoms with E-state index in [0.717, 1.165) is 10.0 Å². The fourth-order valence-electron chi connectivity index (χ4n) is 1.72. The monoisotopic (exact) mass is 343 g/mol. The van der Waals surface area contributed by atoms with Gasteiger partial charge in [0.05, 0.1) is 13.5 Å². The zero-order valence-corrected chi connectivity index (χ0v) is 13.2. The van der Waals surface area contributed by atoms with E-state index in [-0.39, 0.29) is 18.2 Å². The van der Waals surface area contributed by atoms with Gasteiger partial charge in [-0.15, -0.1) is 0 Å². The van der Waals surface area contributed by atoms with E-state index >= 15 is 0 Å². The molecule has 0 aliphatic carbocycles. The largest absolute Gasteiger partial charge is 0.497 e. The molecule has 0 fully saturated rings. The molecule has 1 amide bonds. The van der Waals surface area contributed by atoms with Gasteiger partial charge in [0, 0.05) is 4.47 Å². The van der Waals surface area contributed by atoms with Crippen molar-refractivity contribution in [2.24, 2.45) is 5.92 Å². The standard InChI is InChI=1S/C14H18BrNO4/c1-8(2)13(14(18)19)16-12(17)7-9-6-10(20-3)4-5-11(9)15/h4-6,8,13H,7H2,1-3H3,(H,16,17)(H,18,19). The Morgan fingerprint density at radius 1 is 1.40 bits per heavy atom. The number of amides is 1. The maximum atomic E-state index is 11.9. The van der Waals surface area contributed by atoms with E-state index in [4.69, 9.17) is 9.84 Å². The van der Waals surface area contributed by atoms with Crippen molar-refractivity contribution in [3.05, 3.63) is 28.2 Å². The van der Waals surface area contributed by atoms with Crippen molar-refractivity contribution in [2.45, 2.75) is 26.3 Å². The lowest BCUT2D eigenvalue weighted by Crippen LogP contribution is -2.44. The fraction of sp³-hybridized carbons (Fsp3) is 0.429. The molecule has 0 aliphatic heterocycles. The van der Waals surface area contributed by atoms with Gasteiger partial charge in [-0.2, -0.15) is 0 Å². The summed E-state index contributed by atoms with van der Waals surface area (Å²) in [4.78, 5) is 23.0. The van der Waals surface area contributed by atoms with Crippen molar-refractivity contribution < 1.29 is 19.4 Å². The van der Waals surface area contributed by atoms with Crippen molar-refractivity contribution in [3.63, 3.8) is 0 Å². The first-order valence-corrected chi connectivity index (χ1v) is 6.99. The predicted octanol–water partition coefficient (Wildman–Crippen LogP) is 2.23. The molecule has 0 aromatic heterocycles. The molecule has 110 valence electrons. The summed E-state index contributed by atoms with van der Waals surface area (Å²) >= 11 is 3.36. The number of carboxylic acid groups (broad SMARTS) is 1. The zero-order valence-electron chi connectivity index (χ0n) is 11.6. The van der Waals surface area contributed by atoms with Crippen LogP contribution in [0.3, 0.4) is 0 Å². The van der Waals surface area contributed by atoms with Gasteiger partial charge in [-0.1, -0.05) is 29.8 Å². The summed E-state index contributed by atoms with van der Waals surface area (Å²) in [6.45, 7) is 3.50. The van der Waals surface area contributed by atoms with E-state index in [2.05, 4.69) is 21.2 Å². The Kier molecular flexibility index (Phi) is 6.01. The first-order valence-electron chi connectivity index (χ1n) is 6.19. The van der Waals surface area contributed by atoms with Crippen LogP contribution < -0.4 is 10.1 Å². The molecule has 2 N–H and O–H groups in total. The Morgan fingerprint density at radius 3 is 2.55 bits per heavy atom. The number of methoxy groups -OCH3 is 1. The topological polar surface area (TPSA) is 75.6 Å². The lowest BCUT2D eigenvalue weighted by molar-refractivity contribution is -0.143. The van der Waals surface area contributed by atoms with Gasteiger partial charge in [0.1, 0.15) is 11.8 Å². The molecule has 1 aromatic rings. The molecule has 0 radical (unpaired) electrons. The van der Waals surface area contributed by atoms with Gasteiger partial charge in [0.25, 0.3) is 0 Å². The van der Waals surface area contributed by atoms with E-state index < -0.39 is 12.0 Å². The zero-order chi connectivity index (χ0) is 15.3. The summed E-state index contributed by atoms with van der Waals surface area (Å²) < 4.78 is 5.88. The predicted molar refractivity (Wildman–Crippen MR) is 78.8 cm³/mol. The number of ether oxygens (including phenoxy) is 1. The lowest BCUT2D eigenvalue weighted by Gasteiger charge is -2.18. The minimum absolute atomic E-state index is 0.0916. The fourth-order valence-corrected chi connectivity index (χ4v) is 2.11. The second-order valence-corrected chi connectivity index (χ2v) is 5.62. The first-order chi connectivity index (χ1) is 9.35. The van der Waals surface area contributed by atoms with Crippen LogP contribution in [0.2, 0.25) is 0 Å². The van der Waals surface area contributed by atoms with Crippen LogP contribution in [0.15, 0.2) is 22.7 Å². The van der Waals surface area contributed by atoms with E-state index in [1.165, 1.54) is 0 Å². The maximum absolute atomic E-state index is 11.9. The van der Waals surface area contributed by atoms with Crippen LogP contribution in [-0.4, -0.2) is 30.1 Å². The molecule has 1 aromatic carbocycles. The molecule has 20 heavy (non-hydrogen) atoms. The average molecular weight is 344 g/mol. The Balaban J connectivity index is 2.78. The third-order valence-electron chi connectivity index (χ3n) is 2.85. The maximum Gasteiger partial charge on any atom is 0.326 e. The molecule has 5 nitrogen and oxygen atoms in total. The van der Waals surface area contributed by atoms with Crippen molar-refractivity contribution in [3.8, 4) is 5.75 Å². The van der Waals surface area contributed by atoms with E-state index in [9.17, 15) is 9.59 Å². The molecule has 0 heterocycles. The summed E-state index contributed by atoms with van der Waals surface area (Å²) in [5.74, 6) is -0.891. The van der Waals surface area contributed by atoms with Gasteiger partial charge < -0.3 is 15.2 Å². The van der Waals surface area contributed by atoms with Gasteiger partial charge in [-0.05, 0) is 29.7 Å². The highest BCUT2D eigenvalue weighted by molar-refractivity contribution is 9.10. The van der Waals surface area contributed by atoms with Gasteiger partial charge in [-0.25, -0.2) is 4.79 Å². The number of rotatable bonds is 6. The highest BCUT2D eigenvalue weighted by Crippen LogP contribution is 2.23. The molecule has 0 bridgehead atoms. The van der Waals surface area contributed by atoms with Crippen molar-refractivity contribution in [1.29, 1.82) is 0 Å². The van der Waals surface area contributed by atoms with Gasteiger partial charge in [0.2, 0.25) is 5.91 Å². The highest BCUT2D eigenvalue weighted by Gasteiger charge is 2.23. The Hall–Kier alpha value is -1.56. The Morgan fingerprint density at radius 2 is 2.05 bits per heavy atom. The highest BCUT2D eigenvalue weighted by atomic mass is 79.9. The van der Waals surface area contributed by atoms with Crippen LogP contribution in [0.25, 0.3) is 0 Å². The number of benzene rings is 1. The van der Waals surface area contributed by atoms with Gasteiger partial charge in [0.15, 0.2) is 0 Å². The van der Waals surface area contributed by atoms with E-state index in [1.54, 1.807) is 39.2 Å². The minimum Gasteiger partial charge on any atom is -0.497 e. The molecule has 0 saturated heterocycles. The third-order valence-corrected chi connectivity index (χ3v) is 3.63. The molecule has 0 spiro atoms. The summed E-state index contributed by atoms with van der Waals surface area (Å²) in [6.07, 6.45) is 0.0916. The molecular formula is C14H18BrNO4. The van der Waals surface area contributed by atoms with Crippen LogP contribution in [0.1, 0.15) is 19.4 Å². The molecule has 6 heteroatoms. The number of hydrogen-bond donors (Lipinski definition) is 2. The molecule has 1 rings (SSSR count). The Labute approximate surface area is 126 Å². The SMILES string of the molecule is COc1ccc(Br)c(CC(=O)NC(C(=O)O)C(C)C)c1. The van der Waals surface area contributed by atoms with Crippen LogP contribution in [-0.2, 0) is 16.0 Å². The van der Waals surface area contributed by atoms with Crippen molar-refractivity contribution in [1.82, 2.24) is 5.32 Å². The minimum atomic E-state index is -1.03. The van der Waals surface area contributed by atoms with Crippen LogP contribution in [0.4, 0.5) is 0 Å². The second-order valence-electron chi connectivity index (χ2n) is 4.76. The Bertz CT molecular complexity index is 502. The number of nitrogens with one attached hydrogen (secondary N) is 1. The molecule has 0 saturated carbocycles. The summed E-state index contributed by atoms with van der Waals surface area (Å²) in [7, 11) is 1.55. The van der Waals surface area contributed by atoms with Crippen molar-refractivity contribution >= 4 is 27.8 Å². The normalized spacial score (nSPS) is 12.1. The van der Waals surface area contributed by atoms with Crippen LogP contribution in [0.5, 0.6) is 5.75 Å².